The standard InChI is InChI=1S/C6H8O7/c7-3(8)1-2(5(10)11)4(9)6(12)13/h2,4,9H,1H2,(H,7,8)(H,10,11)(H,12,13)/p-3/t2-,4+/m1/s1. The van der Waals surface area contributed by atoms with E-state index in [1.807, 2.05) is 0 Å². The predicted octanol–water partition coefficient (Wildman–Crippen LogP) is -5.40. The van der Waals surface area contributed by atoms with Gasteiger partial charge in [0.15, 0.2) is 0 Å². The number of hydrogen-bond acceptors (Lipinski definition) is 7. The monoisotopic (exact) mass is 189 g/mol. The Bertz CT molecular complexity index is 233. The Morgan fingerprint density at radius 1 is 1.08 bits per heavy atom. The number of aliphatic carboxylic acids is 3. The molecule has 0 rings (SSSR count). The lowest BCUT2D eigenvalue weighted by molar-refractivity contribution is -0.334. The van der Waals surface area contributed by atoms with E-state index in [1.54, 1.807) is 0 Å². The Balaban J connectivity index is 4.51. The minimum absolute atomic E-state index is 1.14. The summed E-state index contributed by atoms with van der Waals surface area (Å²) in [5.41, 5.74) is 0. The molecule has 0 aliphatic rings. The highest BCUT2D eigenvalue weighted by Gasteiger charge is 2.21. The number of carbonyl (C=O) groups is 3. The van der Waals surface area contributed by atoms with Crippen molar-refractivity contribution in [1.82, 2.24) is 0 Å². The Kier molecular flexibility index (Phi) is 3.86. The second-order valence-corrected chi connectivity index (χ2v) is 2.27. The molecule has 7 heteroatoms. The average Bonchev–Trinajstić information content (AvgIpc) is 1.97. The van der Waals surface area contributed by atoms with Crippen LogP contribution in [0, 0.1) is 5.92 Å². The topological polar surface area (TPSA) is 141 Å². The smallest absolute Gasteiger partial charge is 0.102 e. The fourth-order valence-corrected chi connectivity index (χ4v) is 0.668. The summed E-state index contributed by atoms with van der Waals surface area (Å²) in [7, 11) is 0. The van der Waals surface area contributed by atoms with Crippen molar-refractivity contribution in [3.63, 3.8) is 0 Å². The van der Waals surface area contributed by atoms with Gasteiger partial charge >= 0.3 is 0 Å². The van der Waals surface area contributed by atoms with Gasteiger partial charge in [0.1, 0.15) is 6.10 Å². The van der Waals surface area contributed by atoms with Gasteiger partial charge in [-0.1, -0.05) is 0 Å². The molecule has 0 aliphatic carbocycles. The SMILES string of the molecule is O=C([O-])C[C@@H](C(=O)[O-])[C@H](O)C(=O)[O-]. The van der Waals surface area contributed by atoms with Crippen molar-refractivity contribution in [1.29, 1.82) is 0 Å². The second-order valence-electron chi connectivity index (χ2n) is 2.27. The van der Waals surface area contributed by atoms with Crippen LogP contribution in [-0.4, -0.2) is 29.1 Å². The van der Waals surface area contributed by atoms with Gasteiger partial charge in [0.25, 0.3) is 0 Å². The van der Waals surface area contributed by atoms with E-state index in [0.717, 1.165) is 0 Å². The van der Waals surface area contributed by atoms with Crippen LogP contribution in [0.3, 0.4) is 0 Å². The highest BCUT2D eigenvalue weighted by molar-refractivity contribution is 5.82. The average molecular weight is 189 g/mol. The summed E-state index contributed by atoms with van der Waals surface area (Å²) < 4.78 is 0. The van der Waals surface area contributed by atoms with Crippen molar-refractivity contribution in [2.24, 2.45) is 5.92 Å². The van der Waals surface area contributed by atoms with Crippen LogP contribution >= 0.6 is 0 Å². The lowest BCUT2D eigenvalue weighted by Crippen LogP contribution is -2.49. The maximum absolute atomic E-state index is 10.1. The summed E-state index contributed by atoms with van der Waals surface area (Å²) >= 11 is 0. The molecule has 0 radical (unpaired) electrons. The third-order valence-corrected chi connectivity index (χ3v) is 1.31. The molecule has 0 aromatic carbocycles. The first kappa shape index (κ1) is 11.4. The van der Waals surface area contributed by atoms with Gasteiger partial charge in [-0.2, -0.15) is 0 Å². The minimum Gasteiger partial charge on any atom is -0.550 e. The molecule has 0 bridgehead atoms. The van der Waals surface area contributed by atoms with E-state index < -0.39 is 36.4 Å². The number of aliphatic hydroxyl groups is 1. The van der Waals surface area contributed by atoms with E-state index in [-0.39, 0.29) is 0 Å². The molecular weight excluding hydrogens is 184 g/mol. The molecule has 0 amide bonds. The molecule has 0 saturated heterocycles. The molecule has 0 saturated carbocycles. The van der Waals surface area contributed by atoms with Crippen molar-refractivity contribution in [2.75, 3.05) is 0 Å². The van der Waals surface area contributed by atoms with Gasteiger partial charge < -0.3 is 34.8 Å². The predicted molar refractivity (Wildman–Crippen MR) is 29.1 cm³/mol. The van der Waals surface area contributed by atoms with Crippen LogP contribution in [0.5, 0.6) is 0 Å². The fourth-order valence-electron chi connectivity index (χ4n) is 0.668. The normalized spacial score (nSPS) is 14.5. The first-order chi connectivity index (χ1) is 5.86. The highest BCUT2D eigenvalue weighted by Crippen LogP contribution is 2.06. The van der Waals surface area contributed by atoms with Gasteiger partial charge in [-0.15, -0.1) is 0 Å². The van der Waals surface area contributed by atoms with Crippen LogP contribution < -0.4 is 15.3 Å². The molecule has 13 heavy (non-hydrogen) atoms. The van der Waals surface area contributed by atoms with E-state index >= 15 is 0 Å². The second kappa shape index (κ2) is 4.41. The molecule has 0 fully saturated rings. The highest BCUT2D eigenvalue weighted by atomic mass is 16.4. The molecule has 2 atom stereocenters. The third-order valence-electron chi connectivity index (χ3n) is 1.31. The third kappa shape index (κ3) is 3.52. The van der Waals surface area contributed by atoms with E-state index in [2.05, 4.69) is 0 Å². The molecule has 0 spiro atoms. The number of aliphatic hydroxyl groups excluding tert-OH is 1. The maximum Gasteiger partial charge on any atom is 0.102 e. The number of carbonyl (C=O) groups excluding carboxylic acids is 3. The zero-order chi connectivity index (χ0) is 10.6. The summed E-state index contributed by atoms with van der Waals surface area (Å²) in [5.74, 6) is -7.92. The molecule has 1 N–H and O–H groups in total. The summed E-state index contributed by atoms with van der Waals surface area (Å²) in [6.07, 6.45) is -3.56. The first-order valence-corrected chi connectivity index (χ1v) is 3.16. The first-order valence-electron chi connectivity index (χ1n) is 3.16. The number of carboxylic acids is 3. The van der Waals surface area contributed by atoms with Gasteiger partial charge in [0, 0.05) is 17.9 Å². The van der Waals surface area contributed by atoms with Crippen LogP contribution in [-0.2, 0) is 14.4 Å². The maximum atomic E-state index is 10.1. The quantitative estimate of drug-likeness (QED) is 0.454. The van der Waals surface area contributed by atoms with E-state index in [0.29, 0.717) is 0 Å². The van der Waals surface area contributed by atoms with E-state index in [4.69, 9.17) is 5.11 Å². The van der Waals surface area contributed by atoms with Crippen LogP contribution in [0.25, 0.3) is 0 Å². The van der Waals surface area contributed by atoms with Crippen LogP contribution in [0.1, 0.15) is 6.42 Å². The van der Waals surface area contributed by atoms with Crippen molar-refractivity contribution < 1.29 is 34.8 Å². The summed E-state index contributed by atoms with van der Waals surface area (Å²) in [6.45, 7) is 0. The lowest BCUT2D eigenvalue weighted by atomic mass is 9.99. The Hall–Kier alpha value is -1.63. The van der Waals surface area contributed by atoms with Crippen molar-refractivity contribution >= 4 is 17.9 Å². The van der Waals surface area contributed by atoms with Crippen molar-refractivity contribution in [3.05, 3.63) is 0 Å². The molecule has 0 heterocycles. The van der Waals surface area contributed by atoms with Crippen molar-refractivity contribution in [3.8, 4) is 0 Å². The molecule has 0 aromatic rings. The number of hydrogen-bond donors (Lipinski definition) is 1. The van der Waals surface area contributed by atoms with Crippen molar-refractivity contribution in [2.45, 2.75) is 12.5 Å². The molecule has 0 aromatic heterocycles. The van der Waals surface area contributed by atoms with Gasteiger partial charge in [0.05, 0.1) is 5.97 Å². The Morgan fingerprint density at radius 3 is 1.77 bits per heavy atom. The van der Waals surface area contributed by atoms with Crippen LogP contribution in [0.4, 0.5) is 0 Å². The summed E-state index contributed by atoms with van der Waals surface area (Å²) in [6, 6.07) is 0. The number of carboxylic acid groups (broad SMARTS) is 3. The zero-order valence-corrected chi connectivity index (χ0v) is 6.26. The Morgan fingerprint density at radius 2 is 1.54 bits per heavy atom. The van der Waals surface area contributed by atoms with Gasteiger partial charge in [0.2, 0.25) is 0 Å². The van der Waals surface area contributed by atoms with Crippen LogP contribution in [0.2, 0.25) is 0 Å². The fraction of sp³-hybridized carbons (Fsp3) is 0.500. The van der Waals surface area contributed by atoms with Gasteiger partial charge in [-0.05, 0) is 6.42 Å². The largest absolute Gasteiger partial charge is 0.550 e. The van der Waals surface area contributed by atoms with E-state index in [1.165, 1.54) is 0 Å². The lowest BCUT2D eigenvalue weighted by Gasteiger charge is -2.24. The minimum atomic E-state index is -2.41. The molecule has 0 unspecified atom stereocenters. The van der Waals surface area contributed by atoms with Gasteiger partial charge in [-0.3, -0.25) is 0 Å². The van der Waals surface area contributed by atoms with Crippen LogP contribution in [0.15, 0.2) is 0 Å². The Labute approximate surface area is 72.2 Å². The molecule has 7 nitrogen and oxygen atoms in total. The summed E-state index contributed by atoms with van der Waals surface area (Å²) in [4.78, 5) is 30.0. The summed E-state index contributed by atoms with van der Waals surface area (Å²) in [5, 5.41) is 38.6. The number of rotatable bonds is 5. The molecule has 0 aliphatic heterocycles. The van der Waals surface area contributed by atoms with E-state index in [9.17, 15) is 29.7 Å². The molecule has 74 valence electrons. The zero-order valence-electron chi connectivity index (χ0n) is 6.26. The molecular formula is C6H5O7-3. The van der Waals surface area contributed by atoms with Gasteiger partial charge in [-0.25, -0.2) is 0 Å².